The van der Waals surface area contributed by atoms with Crippen molar-refractivity contribution >= 4 is 11.9 Å². The lowest BCUT2D eigenvalue weighted by molar-refractivity contribution is -0.138. The minimum Gasteiger partial charge on any atom is -0.322 e. The maximum absolute atomic E-state index is 14.2. The molecule has 3 amide bonds. The van der Waals surface area contributed by atoms with Gasteiger partial charge in [-0.05, 0) is 69.4 Å². The molecule has 3 aliphatic rings. The van der Waals surface area contributed by atoms with Crippen molar-refractivity contribution in [1.29, 1.82) is 0 Å². The number of hydrogen-bond acceptors (Lipinski definition) is 3. The summed E-state index contributed by atoms with van der Waals surface area (Å²) in [4.78, 5) is 31.3. The Hall–Kier alpha value is -1.10. The molecule has 2 aliphatic carbocycles. The number of urea groups is 1. The fourth-order valence-electron chi connectivity index (χ4n) is 8.30. The maximum Gasteiger partial charge on any atom is 0.326 e. The van der Waals surface area contributed by atoms with Crippen LogP contribution in [-0.4, -0.2) is 47.5 Å². The van der Waals surface area contributed by atoms with Crippen LogP contribution in [0.5, 0.6) is 0 Å². The van der Waals surface area contributed by atoms with Crippen LogP contribution in [0.3, 0.4) is 0 Å². The Labute approximate surface area is 260 Å². The molecule has 0 aromatic carbocycles. The van der Waals surface area contributed by atoms with Crippen molar-refractivity contribution in [2.75, 3.05) is 20.3 Å². The first-order valence-electron chi connectivity index (χ1n) is 18.7. The lowest BCUT2D eigenvalue weighted by Crippen LogP contribution is -2.60. The van der Waals surface area contributed by atoms with Crippen LogP contribution in [0.25, 0.3) is 0 Å². The molecule has 5 nitrogen and oxygen atoms in total. The summed E-state index contributed by atoms with van der Waals surface area (Å²) in [5.41, 5.74) is -0.660. The number of unbranched alkanes of at least 4 members (excludes halogenated alkanes) is 15. The zero-order chi connectivity index (χ0) is 30.2. The average Bonchev–Trinajstić information content (AvgIpc) is 3.23. The number of carbonyl (C=O) groups excluding carboxylic acids is 2. The summed E-state index contributed by atoms with van der Waals surface area (Å²) in [7, 11) is 2.08. The van der Waals surface area contributed by atoms with Gasteiger partial charge < -0.3 is 5.32 Å². The summed E-state index contributed by atoms with van der Waals surface area (Å²) in [6.45, 7) is 8.33. The van der Waals surface area contributed by atoms with Gasteiger partial charge in [-0.25, -0.2) is 9.69 Å². The number of imide groups is 1. The second-order valence-electron chi connectivity index (χ2n) is 15.0. The smallest absolute Gasteiger partial charge is 0.322 e. The van der Waals surface area contributed by atoms with E-state index in [2.05, 4.69) is 38.0 Å². The summed E-state index contributed by atoms with van der Waals surface area (Å²) >= 11 is 0. The van der Waals surface area contributed by atoms with Gasteiger partial charge in [-0.1, -0.05) is 143 Å². The van der Waals surface area contributed by atoms with Gasteiger partial charge >= 0.3 is 6.03 Å². The van der Waals surface area contributed by atoms with Crippen molar-refractivity contribution in [3.8, 4) is 0 Å². The largest absolute Gasteiger partial charge is 0.326 e. The lowest BCUT2D eigenvalue weighted by atomic mass is 9.62. The van der Waals surface area contributed by atoms with Crippen molar-refractivity contribution in [2.24, 2.45) is 23.7 Å². The van der Waals surface area contributed by atoms with Crippen molar-refractivity contribution < 1.29 is 9.59 Å². The summed E-state index contributed by atoms with van der Waals surface area (Å²) in [5.74, 6) is 2.14. The highest BCUT2D eigenvalue weighted by Crippen LogP contribution is 2.47. The molecule has 1 N–H and O–H groups in total. The molecule has 0 aromatic heterocycles. The van der Waals surface area contributed by atoms with E-state index < -0.39 is 5.54 Å². The van der Waals surface area contributed by atoms with Crippen LogP contribution in [-0.2, 0) is 4.79 Å². The molecule has 0 bridgehead atoms. The molecule has 0 unspecified atom stereocenters. The quantitative estimate of drug-likeness (QED) is 0.107. The van der Waals surface area contributed by atoms with E-state index in [1.165, 1.54) is 122 Å². The molecular weight excluding hydrogens is 518 g/mol. The molecule has 1 saturated heterocycles. The summed E-state index contributed by atoms with van der Waals surface area (Å²) in [6, 6.07) is -0.143. The molecule has 1 aliphatic heterocycles. The summed E-state index contributed by atoms with van der Waals surface area (Å²) in [6.07, 6.45) is 31.0. The normalized spacial score (nSPS) is 28.5. The minimum atomic E-state index is -0.660. The van der Waals surface area contributed by atoms with E-state index in [0.717, 1.165) is 50.5 Å². The molecule has 42 heavy (non-hydrogen) atoms. The Kier molecular flexibility index (Phi) is 16.3. The van der Waals surface area contributed by atoms with Crippen LogP contribution >= 0.6 is 0 Å². The van der Waals surface area contributed by atoms with E-state index in [0.29, 0.717) is 18.5 Å². The number of nitrogens with one attached hydrogen (secondary N) is 1. The SMILES string of the molecule is CCCCCCCCCCCCCCCCCCN(C)CN1C(=O)NC(C2CCC(C)CC2)(C2CCC(C)CC2)C1=O. The van der Waals surface area contributed by atoms with Crippen LogP contribution in [0.1, 0.15) is 175 Å². The van der Waals surface area contributed by atoms with Crippen molar-refractivity contribution in [2.45, 2.75) is 180 Å². The van der Waals surface area contributed by atoms with Crippen molar-refractivity contribution in [1.82, 2.24) is 15.1 Å². The average molecular weight is 588 g/mol. The molecule has 244 valence electrons. The highest BCUT2D eigenvalue weighted by molar-refractivity contribution is 6.07. The lowest BCUT2D eigenvalue weighted by Gasteiger charge is -2.46. The highest BCUT2D eigenvalue weighted by atomic mass is 16.2. The van der Waals surface area contributed by atoms with Gasteiger partial charge in [0.2, 0.25) is 0 Å². The van der Waals surface area contributed by atoms with E-state index in [9.17, 15) is 9.59 Å². The fraction of sp³-hybridized carbons (Fsp3) is 0.946. The van der Waals surface area contributed by atoms with Crippen LogP contribution < -0.4 is 5.32 Å². The van der Waals surface area contributed by atoms with Crippen LogP contribution in [0.2, 0.25) is 0 Å². The molecule has 5 heteroatoms. The van der Waals surface area contributed by atoms with Gasteiger partial charge in [-0.3, -0.25) is 9.69 Å². The summed E-state index contributed by atoms with van der Waals surface area (Å²) in [5, 5.41) is 3.38. The van der Waals surface area contributed by atoms with E-state index in [4.69, 9.17) is 0 Å². The van der Waals surface area contributed by atoms with Gasteiger partial charge in [-0.15, -0.1) is 0 Å². The number of amides is 3. The Bertz CT molecular complexity index is 732. The van der Waals surface area contributed by atoms with E-state index in [1.54, 1.807) is 4.90 Å². The molecule has 0 aromatic rings. The standard InChI is InChI=1S/C37H69N3O2/c1-5-6-7-8-9-10-11-12-13-14-15-16-17-18-19-20-29-39(4)30-40-35(41)37(38-36(40)42,33-25-21-31(2)22-26-33)34-27-23-32(3)24-28-34/h31-34H,5-30H2,1-4H3,(H,38,42). The molecule has 1 heterocycles. The Balaban J connectivity index is 1.30. The third-order valence-electron chi connectivity index (χ3n) is 11.3. The number of hydrogen-bond donors (Lipinski definition) is 1. The number of rotatable bonds is 21. The first-order chi connectivity index (χ1) is 20.4. The number of nitrogens with zero attached hydrogens (tertiary/aromatic N) is 2. The third-order valence-corrected chi connectivity index (χ3v) is 11.3. The minimum absolute atomic E-state index is 0.0884. The van der Waals surface area contributed by atoms with E-state index in [-0.39, 0.29) is 11.9 Å². The van der Waals surface area contributed by atoms with Crippen molar-refractivity contribution in [3.63, 3.8) is 0 Å². The predicted octanol–water partition coefficient (Wildman–Crippen LogP) is 10.1. The second kappa shape index (κ2) is 19.3. The molecule has 3 rings (SSSR count). The van der Waals surface area contributed by atoms with Gasteiger partial charge in [0, 0.05) is 0 Å². The molecule has 0 radical (unpaired) electrons. The molecule has 3 fully saturated rings. The van der Waals surface area contributed by atoms with Crippen LogP contribution in [0.4, 0.5) is 4.79 Å². The van der Waals surface area contributed by atoms with Gasteiger partial charge in [0.05, 0.1) is 6.67 Å². The van der Waals surface area contributed by atoms with Gasteiger partial charge in [0.25, 0.3) is 5.91 Å². The van der Waals surface area contributed by atoms with Gasteiger partial charge in [0.15, 0.2) is 0 Å². The first kappa shape index (κ1) is 35.4. The van der Waals surface area contributed by atoms with Crippen molar-refractivity contribution in [3.05, 3.63) is 0 Å². The zero-order valence-corrected chi connectivity index (χ0v) is 28.4. The second-order valence-corrected chi connectivity index (χ2v) is 15.0. The monoisotopic (exact) mass is 588 g/mol. The zero-order valence-electron chi connectivity index (χ0n) is 28.4. The van der Waals surface area contributed by atoms with Gasteiger partial charge in [-0.2, -0.15) is 0 Å². The highest BCUT2D eigenvalue weighted by Gasteiger charge is 2.59. The molecule has 0 atom stereocenters. The maximum atomic E-state index is 14.2. The Morgan fingerprint density at radius 1 is 0.643 bits per heavy atom. The van der Waals surface area contributed by atoms with E-state index >= 15 is 0 Å². The van der Waals surface area contributed by atoms with E-state index in [1.807, 2.05) is 0 Å². The van der Waals surface area contributed by atoms with Crippen LogP contribution in [0, 0.1) is 23.7 Å². The molecule has 2 saturated carbocycles. The topological polar surface area (TPSA) is 52.6 Å². The molecular formula is C37H69N3O2. The Morgan fingerprint density at radius 2 is 1.02 bits per heavy atom. The third kappa shape index (κ3) is 10.8. The first-order valence-corrected chi connectivity index (χ1v) is 18.7. The summed E-state index contributed by atoms with van der Waals surface area (Å²) < 4.78 is 0. The van der Waals surface area contributed by atoms with Crippen LogP contribution in [0.15, 0.2) is 0 Å². The Morgan fingerprint density at radius 3 is 1.43 bits per heavy atom. The fourth-order valence-corrected chi connectivity index (χ4v) is 8.30. The van der Waals surface area contributed by atoms with Gasteiger partial charge in [0.1, 0.15) is 5.54 Å². The number of carbonyl (C=O) groups is 2. The predicted molar refractivity (Wildman–Crippen MR) is 177 cm³/mol. The molecule has 0 spiro atoms.